The molecule has 9 aromatic rings. The Morgan fingerprint density at radius 3 is 1.26 bits per heavy atom. The molecule has 0 radical (unpaired) electrons. The van der Waals surface area contributed by atoms with E-state index < -0.39 is 199 Å². The summed E-state index contributed by atoms with van der Waals surface area (Å²) in [6.07, 6.45) is -8.72. The molecular weight excluding hydrogens is 1760 g/mol. The van der Waals surface area contributed by atoms with Crippen molar-refractivity contribution in [1.29, 1.82) is 0 Å². The number of phenols is 7. The first-order chi connectivity index (χ1) is 63.1. The molecule has 0 saturated carbocycles. The van der Waals surface area contributed by atoms with Gasteiger partial charge in [-0.1, -0.05) is 60.7 Å². The lowest BCUT2D eigenvalue weighted by Gasteiger charge is -2.42. The van der Waals surface area contributed by atoms with Crippen LogP contribution in [0.1, 0.15) is 168 Å². The number of benzene rings is 9. The van der Waals surface area contributed by atoms with Gasteiger partial charge in [0.25, 0.3) is 11.4 Å². The van der Waals surface area contributed by atoms with E-state index in [0.29, 0.717) is 31.7 Å². The number of carbonyl (C=O) groups is 9. The Hall–Kier alpha value is -14.1. The number of rotatable bonds is 21. The minimum atomic E-state index is -2.09. The van der Waals surface area contributed by atoms with Crippen LogP contribution in [0.4, 0.5) is 25.8 Å². The number of methoxy groups -OCH3 is 2. The molecule has 2 aliphatic heterocycles. The van der Waals surface area contributed by atoms with Gasteiger partial charge in [0.2, 0.25) is 11.6 Å². The number of Topliss-reactive ketones (excluding diaryl/α,β-unsaturated/α-hetero) is 2. The molecule has 9 aromatic carbocycles. The van der Waals surface area contributed by atoms with Crippen molar-refractivity contribution in [1.82, 2.24) is 16.0 Å². The standard InChI is InChI=1S/C36H38N2O12.C27H29NO10.C15H14N2O5.C8H11NO.C7H4ClNO4/c1-16-30(41)22(38-35(46)37-12-11-18-7-9-19(40)10-8-18)13-25(49-16)50-24-15-36(47,17(2)39)14-21-27(24)34(45)29-28(32(21)43)31(42)20-5-4-6-23(48-3)26(20)33(29)44;1-10-22(30)14(28)7-17(37-10)38-16-9-27(35,11(2)29)8-13-19(16)26(34)21-20(24(13)32)23(31)12-5-4-6-15(36-3)18(12)25(21)33;18-13-5-1-11(2-6-13)9-10-16-15(19)22-14-7-3-12(4-8-14)17(20)21;9-6-5-7-1-3-8(10)4-2-7;8-7(10)13-6-3-1-5(2-4-6)9(11)12/h4-10,16,22,24-25,30,40-41,43,45,47H,11-15H2,1-3H3,(H2,37,38,46);4-6,10,14,16-17,22,30,32,34-35H,7-9,28H2,1-3H3;1-8,18H,9-10H2,(H,16,19);1-4,10H,5-6,9H2;1-4H/t16?,22?,24-,25?,30?,36-;10?,14?,16-,17?,22?,27-;;;/m00.../s1. The lowest BCUT2D eigenvalue weighted by Crippen LogP contribution is -2.57. The highest BCUT2D eigenvalue weighted by Gasteiger charge is 2.53. The zero-order valence-electron chi connectivity index (χ0n) is 72.2. The average molecular weight is 1860 g/mol. The summed E-state index contributed by atoms with van der Waals surface area (Å²) in [5.41, 5.74) is 6.79. The SMILES string of the molecule is COc1cccc2c1C(=O)c1c(O)c3c(c(O)c1C2=O)C[C@@](O)(C(C)=O)C[C@@H]3OC1CC(N)C(O)C(C)O1.COc1cccc2c1C(=O)c1c(O)c3c(c(O)c1C2=O)C[C@@](O)(C(C)=O)C[C@@H]3OC1CC(NC(=O)NCCc2ccc(O)cc2)C(O)C(C)O1.NCCc1ccc(O)cc1.O=C(Cl)Oc1ccc([N+](=O)[O-])cc1.O=C(NCCc1ccc(O)cc1)Oc1ccc([N+](=O)[O-])cc1. The lowest BCUT2D eigenvalue weighted by atomic mass is 9.72. The number of halogens is 1. The van der Waals surface area contributed by atoms with Crippen molar-refractivity contribution in [2.75, 3.05) is 33.9 Å². The average Bonchev–Trinajstić information content (AvgIpc) is 0.713. The number of urea groups is 1. The van der Waals surface area contributed by atoms with Crippen LogP contribution in [-0.4, -0.2) is 212 Å². The van der Waals surface area contributed by atoms with Crippen LogP contribution in [0.3, 0.4) is 0 Å². The number of ketones is 6. The van der Waals surface area contributed by atoms with E-state index in [2.05, 4.69) is 20.7 Å². The number of carbonyl (C=O) groups excluding carboxylic acids is 9. The van der Waals surface area contributed by atoms with E-state index in [1.165, 1.54) is 112 Å². The number of nitrogens with one attached hydrogen (secondary N) is 3. The maximum Gasteiger partial charge on any atom is 0.412 e. The van der Waals surface area contributed by atoms with Crippen molar-refractivity contribution in [2.24, 2.45) is 11.5 Å². The summed E-state index contributed by atoms with van der Waals surface area (Å²) < 4.78 is 44.0. The van der Waals surface area contributed by atoms with Gasteiger partial charge in [-0.05, 0) is 143 Å². The van der Waals surface area contributed by atoms with Gasteiger partial charge in [-0.2, -0.15) is 0 Å². The van der Waals surface area contributed by atoms with E-state index in [1.54, 1.807) is 74.5 Å². The Morgan fingerprint density at radius 1 is 0.504 bits per heavy atom. The number of ether oxygens (including phenoxy) is 8. The fraction of sp³-hybridized carbons (Fsp3) is 0.323. The summed E-state index contributed by atoms with van der Waals surface area (Å²) in [4.78, 5) is 134. The fourth-order valence-electron chi connectivity index (χ4n) is 15.9. The van der Waals surface area contributed by atoms with Crippen molar-refractivity contribution >= 4 is 75.2 Å². The zero-order chi connectivity index (χ0) is 96.9. The van der Waals surface area contributed by atoms with Crippen molar-refractivity contribution in [3.05, 3.63) is 261 Å². The highest BCUT2D eigenvalue weighted by atomic mass is 35.5. The van der Waals surface area contributed by atoms with Crippen LogP contribution in [0.15, 0.2) is 158 Å². The third kappa shape index (κ3) is 22.9. The van der Waals surface area contributed by atoms with Crippen LogP contribution in [-0.2, 0) is 60.6 Å². The zero-order valence-corrected chi connectivity index (χ0v) is 72.9. The number of aliphatic hydroxyl groups is 4. The third-order valence-electron chi connectivity index (χ3n) is 23.0. The van der Waals surface area contributed by atoms with E-state index in [1.807, 2.05) is 12.1 Å². The van der Waals surface area contributed by atoms with Gasteiger partial charge < -0.3 is 121 Å². The topological polar surface area (TPSA) is 624 Å². The summed E-state index contributed by atoms with van der Waals surface area (Å²) in [5, 5.41) is 146. The van der Waals surface area contributed by atoms with Gasteiger partial charge in [-0.25, -0.2) is 14.4 Å². The predicted octanol–water partition coefficient (Wildman–Crippen LogP) is 9.20. The lowest BCUT2D eigenvalue weighted by molar-refractivity contribution is -0.385. The van der Waals surface area contributed by atoms with Crippen LogP contribution in [0.25, 0.3) is 0 Å². The molecule has 6 aliphatic rings. The van der Waals surface area contributed by atoms with Gasteiger partial charge in [0.1, 0.15) is 80.6 Å². The van der Waals surface area contributed by atoms with E-state index in [4.69, 9.17) is 66.4 Å². The second-order valence-electron chi connectivity index (χ2n) is 31.8. The fourth-order valence-corrected chi connectivity index (χ4v) is 16.0. The first-order valence-corrected chi connectivity index (χ1v) is 41.8. The van der Waals surface area contributed by atoms with Gasteiger partial charge >= 0.3 is 17.6 Å². The maximum absolute atomic E-state index is 13.9. The number of nitro benzene ring substituents is 2. The summed E-state index contributed by atoms with van der Waals surface area (Å²) >= 11 is 4.92. The number of fused-ring (bicyclic) bond motifs is 6. The maximum atomic E-state index is 13.9. The number of aliphatic hydroxyl groups excluding tert-OH is 2. The van der Waals surface area contributed by atoms with Crippen molar-refractivity contribution in [3.8, 4) is 63.2 Å². The van der Waals surface area contributed by atoms with Crippen LogP contribution >= 0.6 is 11.6 Å². The monoisotopic (exact) mass is 1860 g/mol. The smallest absolute Gasteiger partial charge is 0.412 e. The molecule has 0 aromatic heterocycles. The molecule has 2 saturated heterocycles. The van der Waals surface area contributed by atoms with E-state index in [9.17, 15) is 109 Å². The van der Waals surface area contributed by atoms with E-state index >= 15 is 0 Å². The minimum absolute atomic E-state index is 0.0147. The molecular formula is C93H96ClN7O32. The molecule has 133 heavy (non-hydrogen) atoms. The van der Waals surface area contributed by atoms with Crippen molar-refractivity contribution in [3.63, 3.8) is 0 Å². The number of phenolic OH excluding ortho intramolecular Hbond substituents is 7. The summed E-state index contributed by atoms with van der Waals surface area (Å²) in [6.45, 7) is 6.80. The predicted molar refractivity (Wildman–Crippen MR) is 470 cm³/mol. The molecule has 2 fully saturated rings. The molecule has 2 heterocycles. The molecule has 8 unspecified atom stereocenters. The summed E-state index contributed by atoms with van der Waals surface area (Å²) in [6, 6.07) is 37.3. The van der Waals surface area contributed by atoms with Gasteiger partial charge in [0, 0.05) is 127 Å². The Bertz CT molecular complexity index is 5900. The Labute approximate surface area is 762 Å². The minimum Gasteiger partial charge on any atom is -0.508 e. The van der Waals surface area contributed by atoms with Crippen LogP contribution < -0.4 is 46.4 Å². The molecule has 702 valence electrons. The van der Waals surface area contributed by atoms with Gasteiger partial charge in [-0.15, -0.1) is 0 Å². The summed E-state index contributed by atoms with van der Waals surface area (Å²) in [5.74, 6) is -5.60. The van der Waals surface area contributed by atoms with Gasteiger partial charge in [-0.3, -0.25) is 49.0 Å². The molecule has 12 atom stereocenters. The molecule has 15 rings (SSSR count). The first kappa shape index (κ1) is 99.5. The largest absolute Gasteiger partial charge is 0.508 e. The Kier molecular flexibility index (Phi) is 32.1. The second kappa shape index (κ2) is 42.9. The number of aromatic hydroxyl groups is 7. The molecule has 0 spiro atoms. The molecule has 40 heteroatoms. The van der Waals surface area contributed by atoms with E-state index in [-0.39, 0.29) is 116 Å². The van der Waals surface area contributed by atoms with Crippen LogP contribution in [0, 0.1) is 20.2 Å². The van der Waals surface area contributed by atoms with E-state index in [0.717, 1.165) is 24.5 Å². The second-order valence-corrected chi connectivity index (χ2v) is 32.1. The molecule has 18 N–H and O–H groups in total. The number of nitro groups is 2. The number of nitrogens with zero attached hydrogens (tertiary/aromatic N) is 2. The number of hydrogen-bond acceptors (Lipinski definition) is 34. The molecule has 0 bridgehead atoms. The number of amides is 3. The molecule has 39 nitrogen and oxygen atoms in total. The number of nitrogens with two attached hydrogens (primary N) is 2. The third-order valence-corrected chi connectivity index (χ3v) is 23.1. The Balaban J connectivity index is 0.000000179. The van der Waals surface area contributed by atoms with Crippen molar-refractivity contribution in [2.45, 2.75) is 158 Å². The molecule has 3 amide bonds. The van der Waals surface area contributed by atoms with Gasteiger partial charge in [0.05, 0.1) is 94.0 Å². The normalized spacial score (nSPS) is 21.6. The molecule has 4 aliphatic carbocycles. The first-order valence-electron chi connectivity index (χ1n) is 41.4. The quantitative estimate of drug-likeness (QED) is 0.0138. The Morgan fingerprint density at radius 2 is 0.880 bits per heavy atom. The highest BCUT2D eigenvalue weighted by Crippen LogP contribution is 2.55. The highest BCUT2D eigenvalue weighted by molar-refractivity contribution is 6.61. The number of non-ortho nitro benzene ring substituents is 2. The summed E-state index contributed by atoms with van der Waals surface area (Å²) in [7, 11) is 2.66. The van der Waals surface area contributed by atoms with Crippen LogP contribution in [0.5, 0.6) is 63.2 Å². The van der Waals surface area contributed by atoms with Crippen LogP contribution in [0.2, 0.25) is 0 Å². The van der Waals surface area contributed by atoms with Crippen molar-refractivity contribution < 1.29 is 147 Å². The number of hydrogen-bond donors (Lipinski definition) is 16. The van der Waals surface area contributed by atoms with Gasteiger partial charge in [0.15, 0.2) is 35.7 Å².